The lowest BCUT2D eigenvalue weighted by atomic mass is 9.82. The second-order valence-corrected chi connectivity index (χ2v) is 33.6. The van der Waals surface area contributed by atoms with E-state index in [2.05, 4.69) is 372 Å². The first kappa shape index (κ1) is 70.4. The third kappa shape index (κ3) is 12.1. The van der Waals surface area contributed by atoms with Crippen LogP contribution >= 0.6 is 22.7 Å². The molecular weight excluding hydrogens is 1500 g/mol. The molecule has 5 heterocycles. The zero-order valence-corrected chi connectivity index (χ0v) is 67.0. The number of fused-ring (bicyclic) bond motifs is 17. The van der Waals surface area contributed by atoms with Crippen molar-refractivity contribution >= 4 is 117 Å². The van der Waals surface area contributed by atoms with Crippen LogP contribution in [0.2, 0.25) is 0 Å². The van der Waals surface area contributed by atoms with Crippen molar-refractivity contribution in [3.8, 4) is 135 Å². The first-order chi connectivity index (χ1) is 59.2. The van der Waals surface area contributed by atoms with E-state index < -0.39 is 0 Å². The topological polar surface area (TPSA) is 90.5 Å². The zero-order chi connectivity index (χ0) is 79.5. The van der Waals surface area contributed by atoms with Gasteiger partial charge in [0.25, 0.3) is 0 Å². The van der Waals surface area contributed by atoms with E-state index in [-0.39, 0.29) is 5.41 Å². The monoisotopic (exact) mass is 1570 g/mol. The summed E-state index contributed by atoms with van der Waals surface area (Å²) in [6.45, 7) is 4.69. The fraction of sp³-hybridized carbons (Fsp3) is 0.0270. The Bertz CT molecular complexity index is 8030. The molecule has 0 unspecified atom stereocenters. The van der Waals surface area contributed by atoms with Crippen LogP contribution in [0.5, 0.6) is 0 Å². The minimum atomic E-state index is -0.0751. The molecule has 0 fully saturated rings. The largest absolute Gasteiger partial charge is 0.455 e. The van der Waals surface area contributed by atoms with E-state index in [1.165, 1.54) is 107 Å². The summed E-state index contributed by atoms with van der Waals surface area (Å²) in [7, 11) is 0. The maximum Gasteiger partial charge on any atom is 0.167 e. The molecule has 120 heavy (non-hydrogen) atoms. The van der Waals surface area contributed by atoms with Crippen LogP contribution in [0.1, 0.15) is 25.0 Å². The van der Waals surface area contributed by atoms with Gasteiger partial charge < -0.3 is 4.42 Å². The van der Waals surface area contributed by atoms with Crippen LogP contribution in [-0.4, -0.2) is 29.9 Å². The Labute approximate surface area is 700 Å². The summed E-state index contributed by atoms with van der Waals surface area (Å²) >= 11 is 3.64. The summed E-state index contributed by atoms with van der Waals surface area (Å²) < 4.78 is 11.4. The molecular formula is C111H70N6OS2. The van der Waals surface area contributed by atoms with Gasteiger partial charge in [-0.25, -0.2) is 29.9 Å². The summed E-state index contributed by atoms with van der Waals surface area (Å²) in [4.78, 5) is 31.6. The van der Waals surface area contributed by atoms with Crippen molar-refractivity contribution in [2.24, 2.45) is 0 Å². The van der Waals surface area contributed by atoms with Gasteiger partial charge in [0.1, 0.15) is 11.2 Å². The Hall–Kier alpha value is -15.0. The molecule has 0 radical (unpaired) electrons. The molecule has 0 bridgehead atoms. The molecule has 562 valence electrons. The van der Waals surface area contributed by atoms with E-state index in [1.54, 1.807) is 11.3 Å². The number of thiophene rings is 2. The second-order valence-electron chi connectivity index (χ2n) is 31.5. The quantitative estimate of drug-likeness (QED) is 0.127. The van der Waals surface area contributed by atoms with E-state index in [9.17, 15) is 0 Å². The Balaban J connectivity index is 0.000000141. The number of aromatic nitrogens is 6. The lowest BCUT2D eigenvalue weighted by molar-refractivity contribution is 0.660. The highest BCUT2D eigenvalue weighted by molar-refractivity contribution is 7.27. The van der Waals surface area contributed by atoms with Gasteiger partial charge in [0.2, 0.25) is 0 Å². The smallest absolute Gasteiger partial charge is 0.167 e. The molecule has 1 aliphatic rings. The van der Waals surface area contributed by atoms with Crippen molar-refractivity contribution < 1.29 is 4.42 Å². The molecule has 1 aliphatic carbocycles. The van der Waals surface area contributed by atoms with Crippen molar-refractivity contribution in [3.05, 3.63) is 399 Å². The third-order valence-electron chi connectivity index (χ3n) is 24.1. The molecule has 0 saturated heterocycles. The van der Waals surface area contributed by atoms with Crippen molar-refractivity contribution in [2.75, 3.05) is 0 Å². The molecule has 0 N–H and O–H groups in total. The molecule has 0 spiro atoms. The molecule has 0 atom stereocenters. The highest BCUT2D eigenvalue weighted by atomic mass is 32.1. The highest BCUT2D eigenvalue weighted by Gasteiger charge is 2.37. The summed E-state index contributed by atoms with van der Waals surface area (Å²) in [5.41, 5.74) is 24.5. The minimum Gasteiger partial charge on any atom is -0.455 e. The first-order valence-electron chi connectivity index (χ1n) is 40.6. The SMILES string of the molecule is CC1(C)c2ccccc2-c2c(-c3ccc4sc5c(-c6nc(-c7ccc(-c8ccccc8)cc7)nc(-c7cccc8c7oc7ccccc78)n6)cc6ccccc6c5c4c3)cccc21.c1ccc(-c2ccc(-c3ccc(-c4nc(-c5ccc6ccccc6c5)nc(-c5cc6sc7c(-c8ccccc8)cccc7c6c6ccccc56)n4)cc3)cc2)cc1. The molecule has 0 amide bonds. The number of hydrogen-bond acceptors (Lipinski definition) is 9. The van der Waals surface area contributed by atoms with Gasteiger partial charge in [0, 0.05) is 84.3 Å². The van der Waals surface area contributed by atoms with Gasteiger partial charge in [-0.2, -0.15) is 0 Å². The molecule has 5 aromatic heterocycles. The Morgan fingerprint density at radius 3 is 1.36 bits per heavy atom. The van der Waals surface area contributed by atoms with E-state index in [4.69, 9.17) is 34.3 Å². The van der Waals surface area contributed by atoms with E-state index in [0.717, 1.165) is 98.4 Å². The number of benzene rings is 18. The summed E-state index contributed by atoms with van der Waals surface area (Å²) in [5, 5.41) is 14.1. The van der Waals surface area contributed by atoms with Gasteiger partial charge >= 0.3 is 0 Å². The van der Waals surface area contributed by atoms with E-state index >= 15 is 0 Å². The van der Waals surface area contributed by atoms with Gasteiger partial charge in [-0.3, -0.25) is 0 Å². The average molecular weight is 1570 g/mol. The van der Waals surface area contributed by atoms with Crippen LogP contribution in [0.4, 0.5) is 0 Å². The van der Waals surface area contributed by atoms with Gasteiger partial charge in [-0.15, -0.1) is 22.7 Å². The van der Waals surface area contributed by atoms with E-state index in [0.29, 0.717) is 34.9 Å². The fourth-order valence-electron chi connectivity index (χ4n) is 18.1. The highest BCUT2D eigenvalue weighted by Crippen LogP contribution is 2.54. The van der Waals surface area contributed by atoms with Crippen LogP contribution in [0.3, 0.4) is 0 Å². The number of rotatable bonds is 11. The standard InChI is InChI=1S/C58H37N3OS.C53H33N3S/c1-58(2)47-23-10-8-19-43(47)51-39(20-13-24-48(51)58)38-30-31-50-45(32-38)52-40-17-7-6-16-37(40)33-46(54(52)63-50)57-60-55(36-28-26-35(27-29-36)34-14-4-3-5-15-34)59-56(61-57)44-22-12-21-42-41-18-9-11-25-49(41)62-53(42)44;1-3-12-34(13-4-1)36-22-24-37(25-23-36)38-26-29-40(30-27-38)51-54-52(42-31-28-35-14-7-8-17-41(35)32-42)56-53(55-51)47-33-48-49(45-19-10-9-18-44(45)47)46-21-11-20-43(50(46)57-48)39-15-5-2-6-16-39/h3-33H,1-2H3;1-33H. The van der Waals surface area contributed by atoms with Gasteiger partial charge in [-0.05, 0) is 153 Å². The number of para-hydroxylation sites is 2. The van der Waals surface area contributed by atoms with Gasteiger partial charge in [0.15, 0.2) is 34.9 Å². The molecule has 9 heteroatoms. The molecule has 24 rings (SSSR count). The predicted molar refractivity (Wildman–Crippen MR) is 503 cm³/mol. The summed E-state index contributed by atoms with van der Waals surface area (Å²) in [6.07, 6.45) is 0. The third-order valence-corrected chi connectivity index (χ3v) is 26.5. The van der Waals surface area contributed by atoms with Crippen LogP contribution in [0, 0.1) is 0 Å². The number of nitrogens with zero attached hydrogens (tertiary/aromatic N) is 6. The van der Waals surface area contributed by atoms with E-state index in [1.807, 2.05) is 41.7 Å². The average Bonchev–Trinajstić information content (AvgIpc) is 1.50. The lowest BCUT2D eigenvalue weighted by Crippen LogP contribution is -2.14. The van der Waals surface area contributed by atoms with Gasteiger partial charge in [-0.1, -0.05) is 360 Å². The lowest BCUT2D eigenvalue weighted by Gasteiger charge is -2.21. The van der Waals surface area contributed by atoms with Crippen LogP contribution < -0.4 is 0 Å². The number of hydrogen-bond donors (Lipinski definition) is 0. The summed E-state index contributed by atoms with van der Waals surface area (Å²) in [6, 6.07) is 138. The Morgan fingerprint density at radius 1 is 0.225 bits per heavy atom. The van der Waals surface area contributed by atoms with Crippen LogP contribution in [0.15, 0.2) is 393 Å². The van der Waals surface area contributed by atoms with Crippen molar-refractivity contribution in [3.63, 3.8) is 0 Å². The molecule has 18 aromatic carbocycles. The van der Waals surface area contributed by atoms with Gasteiger partial charge in [0.05, 0.1) is 5.56 Å². The second kappa shape index (κ2) is 28.7. The van der Waals surface area contributed by atoms with Crippen LogP contribution in [-0.2, 0) is 5.41 Å². The molecule has 0 aliphatic heterocycles. The first-order valence-corrected chi connectivity index (χ1v) is 42.2. The molecule has 0 saturated carbocycles. The van der Waals surface area contributed by atoms with Crippen molar-refractivity contribution in [1.82, 2.24) is 29.9 Å². The van der Waals surface area contributed by atoms with Crippen molar-refractivity contribution in [1.29, 1.82) is 0 Å². The number of furan rings is 1. The molecule has 23 aromatic rings. The zero-order valence-electron chi connectivity index (χ0n) is 65.4. The predicted octanol–water partition coefficient (Wildman–Crippen LogP) is 30.5. The maximum absolute atomic E-state index is 6.57. The minimum absolute atomic E-state index is 0.0751. The Morgan fingerprint density at radius 2 is 0.675 bits per heavy atom. The van der Waals surface area contributed by atoms with Crippen molar-refractivity contribution in [2.45, 2.75) is 19.3 Å². The molecule has 7 nitrogen and oxygen atoms in total. The Kier molecular flexibility index (Phi) is 16.9. The fourth-order valence-corrected chi connectivity index (χ4v) is 20.6. The normalized spacial score (nSPS) is 12.3. The summed E-state index contributed by atoms with van der Waals surface area (Å²) in [5.74, 6) is 3.74. The van der Waals surface area contributed by atoms with Crippen LogP contribution in [0.25, 0.3) is 230 Å². The maximum atomic E-state index is 6.57.